The number of anilines is 1. The number of nitrogens with zero attached hydrogens (tertiary/aromatic N) is 1. The van der Waals surface area contributed by atoms with E-state index in [1.165, 1.54) is 11.8 Å². The summed E-state index contributed by atoms with van der Waals surface area (Å²) in [5.74, 6) is -1.63. The number of hydrogen-bond acceptors (Lipinski definition) is 4. The number of amides is 1. The van der Waals surface area contributed by atoms with Gasteiger partial charge in [-0.2, -0.15) is 5.26 Å². The number of ether oxygens (including phenoxy) is 1. The zero-order chi connectivity index (χ0) is 17.4. The van der Waals surface area contributed by atoms with E-state index in [-0.39, 0.29) is 5.75 Å². The molecule has 0 radical (unpaired) electrons. The molecule has 2 rings (SSSR count). The van der Waals surface area contributed by atoms with Gasteiger partial charge in [0.25, 0.3) is 5.91 Å². The third-order valence-corrected chi connectivity index (χ3v) is 3.96. The predicted octanol–water partition coefficient (Wildman–Crippen LogP) is 3.99. The third-order valence-electron chi connectivity index (χ3n) is 2.89. The minimum Gasteiger partial charge on any atom is -0.481 e. The second-order valence-corrected chi connectivity index (χ2v) is 5.80. The first-order valence-corrected chi connectivity index (χ1v) is 8.05. The number of halogens is 2. The lowest BCUT2D eigenvalue weighted by molar-refractivity contribution is -0.118. The molecule has 2 aromatic carbocycles. The Morgan fingerprint density at radius 1 is 1.25 bits per heavy atom. The van der Waals surface area contributed by atoms with Gasteiger partial charge in [-0.1, -0.05) is 12.1 Å². The van der Waals surface area contributed by atoms with Gasteiger partial charge >= 0.3 is 0 Å². The van der Waals surface area contributed by atoms with Gasteiger partial charge in [-0.05, 0) is 24.3 Å². The summed E-state index contributed by atoms with van der Waals surface area (Å²) in [5, 5.41) is 11.2. The molecule has 0 fully saturated rings. The normalized spacial score (nSPS) is 10.0. The second-order valence-electron chi connectivity index (χ2n) is 4.66. The van der Waals surface area contributed by atoms with Crippen molar-refractivity contribution in [2.45, 2.75) is 11.3 Å². The third kappa shape index (κ3) is 5.25. The van der Waals surface area contributed by atoms with Crippen LogP contribution in [0.1, 0.15) is 6.42 Å². The topological polar surface area (TPSA) is 62.1 Å². The molecule has 0 aromatic heterocycles. The Labute approximate surface area is 142 Å². The molecular formula is C17H14F2N2O2S. The molecule has 1 N–H and O–H groups in total. The highest BCUT2D eigenvalue weighted by Gasteiger charge is 2.10. The van der Waals surface area contributed by atoms with Crippen LogP contribution in [0.15, 0.2) is 47.4 Å². The lowest BCUT2D eigenvalue weighted by Gasteiger charge is -2.11. The van der Waals surface area contributed by atoms with Crippen LogP contribution in [0.2, 0.25) is 0 Å². The summed E-state index contributed by atoms with van der Waals surface area (Å²) < 4.78 is 31.3. The van der Waals surface area contributed by atoms with Crippen molar-refractivity contribution in [1.82, 2.24) is 0 Å². The first-order valence-electron chi connectivity index (χ1n) is 7.06. The largest absolute Gasteiger partial charge is 0.481 e. The minimum atomic E-state index is -0.866. The summed E-state index contributed by atoms with van der Waals surface area (Å²) in [4.78, 5) is 12.8. The van der Waals surface area contributed by atoms with Crippen LogP contribution in [0.3, 0.4) is 0 Å². The molecule has 0 aliphatic heterocycles. The summed E-state index contributed by atoms with van der Waals surface area (Å²) in [6.07, 6.45) is 0.403. The van der Waals surface area contributed by atoms with Gasteiger partial charge in [0.2, 0.25) is 0 Å². The maximum atomic E-state index is 13.4. The molecule has 4 nitrogen and oxygen atoms in total. The summed E-state index contributed by atoms with van der Waals surface area (Å²) in [5.41, 5.74) is 0.591. The fraction of sp³-hybridized carbons (Fsp3) is 0.176. The lowest BCUT2D eigenvalue weighted by Crippen LogP contribution is -2.20. The minimum absolute atomic E-state index is 0.191. The molecule has 0 unspecified atom stereocenters. The van der Waals surface area contributed by atoms with Crippen molar-refractivity contribution in [2.75, 3.05) is 17.7 Å². The van der Waals surface area contributed by atoms with Gasteiger partial charge in [-0.3, -0.25) is 4.79 Å². The van der Waals surface area contributed by atoms with Crippen LogP contribution in [-0.4, -0.2) is 18.3 Å². The molecule has 1 amide bonds. The van der Waals surface area contributed by atoms with Crippen molar-refractivity contribution >= 4 is 23.4 Å². The maximum Gasteiger partial charge on any atom is 0.262 e. The van der Waals surface area contributed by atoms with E-state index in [1.807, 2.05) is 12.1 Å². The number of benzene rings is 2. The lowest BCUT2D eigenvalue weighted by atomic mass is 10.3. The van der Waals surface area contributed by atoms with Crippen LogP contribution in [-0.2, 0) is 4.79 Å². The second kappa shape index (κ2) is 8.89. The van der Waals surface area contributed by atoms with Crippen molar-refractivity contribution < 1.29 is 18.3 Å². The van der Waals surface area contributed by atoms with E-state index in [0.717, 1.165) is 17.0 Å². The van der Waals surface area contributed by atoms with E-state index in [0.29, 0.717) is 23.9 Å². The van der Waals surface area contributed by atoms with Crippen molar-refractivity contribution in [3.8, 4) is 11.8 Å². The van der Waals surface area contributed by atoms with Crippen molar-refractivity contribution in [2.24, 2.45) is 0 Å². The number of thioether (sulfide) groups is 1. The van der Waals surface area contributed by atoms with E-state index < -0.39 is 24.1 Å². The number of carbonyl (C=O) groups is 1. The maximum absolute atomic E-state index is 13.4. The van der Waals surface area contributed by atoms with Crippen LogP contribution in [0.5, 0.6) is 5.75 Å². The Balaban J connectivity index is 1.93. The van der Waals surface area contributed by atoms with Gasteiger partial charge in [-0.15, -0.1) is 11.8 Å². The molecular weight excluding hydrogens is 334 g/mol. The van der Waals surface area contributed by atoms with Crippen molar-refractivity contribution in [1.29, 1.82) is 5.26 Å². The molecule has 0 bridgehead atoms. The van der Waals surface area contributed by atoms with E-state index in [9.17, 15) is 13.6 Å². The zero-order valence-electron chi connectivity index (χ0n) is 12.6. The smallest absolute Gasteiger partial charge is 0.262 e. The fourth-order valence-corrected chi connectivity index (χ4v) is 2.69. The van der Waals surface area contributed by atoms with Gasteiger partial charge in [0, 0.05) is 23.1 Å². The fourth-order valence-electron chi connectivity index (χ4n) is 1.82. The Hall–Kier alpha value is -2.59. The van der Waals surface area contributed by atoms with E-state index in [2.05, 4.69) is 11.4 Å². The first-order chi connectivity index (χ1) is 11.6. The summed E-state index contributed by atoms with van der Waals surface area (Å²) in [6, 6.07) is 12.1. The van der Waals surface area contributed by atoms with E-state index in [4.69, 9.17) is 10.00 Å². The monoisotopic (exact) mass is 348 g/mol. The summed E-state index contributed by atoms with van der Waals surface area (Å²) in [6.45, 7) is -0.403. The Kier molecular flexibility index (Phi) is 6.58. The average molecular weight is 348 g/mol. The summed E-state index contributed by atoms with van der Waals surface area (Å²) in [7, 11) is 0. The number of carbonyl (C=O) groups excluding carboxylic acids is 1. The summed E-state index contributed by atoms with van der Waals surface area (Å²) >= 11 is 1.45. The van der Waals surface area contributed by atoms with Crippen LogP contribution >= 0.6 is 11.8 Å². The molecule has 0 saturated carbocycles. The molecule has 0 saturated heterocycles. The molecule has 0 atom stereocenters. The van der Waals surface area contributed by atoms with Gasteiger partial charge < -0.3 is 10.1 Å². The van der Waals surface area contributed by atoms with Crippen LogP contribution in [0, 0.1) is 23.0 Å². The quantitative estimate of drug-likeness (QED) is 0.607. The van der Waals surface area contributed by atoms with Crippen LogP contribution in [0.25, 0.3) is 0 Å². The molecule has 0 aliphatic rings. The zero-order valence-corrected chi connectivity index (χ0v) is 13.4. The highest BCUT2D eigenvalue weighted by Crippen LogP contribution is 2.27. The van der Waals surface area contributed by atoms with Gasteiger partial charge in [0.1, 0.15) is 5.82 Å². The van der Waals surface area contributed by atoms with E-state index in [1.54, 1.807) is 12.1 Å². The average Bonchev–Trinajstić information content (AvgIpc) is 2.56. The molecule has 0 aliphatic carbocycles. The molecule has 124 valence electrons. The van der Waals surface area contributed by atoms with Gasteiger partial charge in [0.05, 0.1) is 11.8 Å². The Morgan fingerprint density at radius 2 is 2.04 bits per heavy atom. The van der Waals surface area contributed by atoms with Gasteiger partial charge in [0.15, 0.2) is 18.2 Å². The molecule has 7 heteroatoms. The van der Waals surface area contributed by atoms with Crippen molar-refractivity contribution in [3.05, 3.63) is 54.1 Å². The number of para-hydroxylation sites is 1. The van der Waals surface area contributed by atoms with E-state index >= 15 is 0 Å². The predicted molar refractivity (Wildman–Crippen MR) is 87.9 cm³/mol. The molecule has 0 heterocycles. The Bertz CT molecular complexity index is 762. The van der Waals surface area contributed by atoms with Crippen molar-refractivity contribution in [3.63, 3.8) is 0 Å². The SMILES string of the molecule is N#CCCSc1ccccc1NC(=O)COc1ccc(F)cc1F. The Morgan fingerprint density at radius 3 is 2.79 bits per heavy atom. The van der Waals surface area contributed by atoms with Gasteiger partial charge in [-0.25, -0.2) is 8.78 Å². The first kappa shape index (κ1) is 17.8. The number of hydrogen-bond donors (Lipinski definition) is 1. The number of rotatable bonds is 7. The molecule has 0 spiro atoms. The highest BCUT2D eigenvalue weighted by molar-refractivity contribution is 7.99. The standard InChI is InChI=1S/C17H14F2N2O2S/c18-12-6-7-15(13(19)10-12)23-11-17(22)21-14-4-1-2-5-16(14)24-9-3-8-20/h1-2,4-7,10H,3,9,11H2,(H,21,22). The van der Waals surface area contributed by atoms with Crippen LogP contribution in [0.4, 0.5) is 14.5 Å². The molecule has 24 heavy (non-hydrogen) atoms. The number of nitrogens with one attached hydrogen (secondary N) is 1. The highest BCUT2D eigenvalue weighted by atomic mass is 32.2. The number of nitriles is 1. The molecule has 2 aromatic rings. The van der Waals surface area contributed by atoms with Crippen LogP contribution < -0.4 is 10.1 Å².